The molecule has 134 valence electrons. The van der Waals surface area contributed by atoms with Crippen molar-refractivity contribution in [1.82, 2.24) is 9.58 Å². The van der Waals surface area contributed by atoms with Crippen LogP contribution < -0.4 is 15.2 Å². The van der Waals surface area contributed by atoms with Crippen molar-refractivity contribution in [1.29, 1.82) is 0 Å². The summed E-state index contributed by atoms with van der Waals surface area (Å²) in [6, 6.07) is 0. The van der Waals surface area contributed by atoms with Crippen LogP contribution in [0.5, 0.6) is 5.75 Å². The number of rotatable bonds is 8. The Bertz CT molecular complexity index is 647. The standard InChI is InChI=1S/C16H24BrN3O4/c1-4-6-8-24-15-13-16(22)18(7-9-23-3)11-19(5-2)20(13)10-12(17)14(15)21/h10H,4-9,11H2,1-3H3. The van der Waals surface area contributed by atoms with Crippen molar-refractivity contribution in [2.75, 3.05) is 45.1 Å². The summed E-state index contributed by atoms with van der Waals surface area (Å²) in [6.45, 7) is 6.48. The highest BCUT2D eigenvalue weighted by atomic mass is 79.9. The lowest BCUT2D eigenvalue weighted by Crippen LogP contribution is -2.55. The molecule has 2 heterocycles. The van der Waals surface area contributed by atoms with E-state index in [2.05, 4.69) is 15.9 Å². The highest BCUT2D eigenvalue weighted by Crippen LogP contribution is 2.24. The van der Waals surface area contributed by atoms with Crippen LogP contribution in [0.1, 0.15) is 37.2 Å². The first-order valence-corrected chi connectivity index (χ1v) is 8.95. The molecule has 0 unspecified atom stereocenters. The van der Waals surface area contributed by atoms with E-state index < -0.39 is 0 Å². The number of unbranched alkanes of at least 4 members (excludes halogenated alkanes) is 1. The summed E-state index contributed by atoms with van der Waals surface area (Å²) >= 11 is 3.28. The average molecular weight is 402 g/mol. The molecule has 0 spiro atoms. The zero-order valence-corrected chi connectivity index (χ0v) is 16.0. The fourth-order valence-electron chi connectivity index (χ4n) is 2.53. The van der Waals surface area contributed by atoms with Crippen LogP contribution in [0.15, 0.2) is 15.5 Å². The number of hydrogen-bond acceptors (Lipinski definition) is 5. The summed E-state index contributed by atoms with van der Waals surface area (Å²) in [6.07, 6.45) is 3.41. The van der Waals surface area contributed by atoms with Crippen molar-refractivity contribution in [3.63, 3.8) is 0 Å². The van der Waals surface area contributed by atoms with Gasteiger partial charge in [0.25, 0.3) is 5.91 Å². The van der Waals surface area contributed by atoms with Crippen LogP contribution >= 0.6 is 15.9 Å². The smallest absolute Gasteiger partial charge is 0.277 e. The van der Waals surface area contributed by atoms with Crippen LogP contribution in [-0.4, -0.2) is 55.6 Å². The number of methoxy groups -OCH3 is 1. The summed E-state index contributed by atoms with van der Waals surface area (Å²) < 4.78 is 12.9. The largest absolute Gasteiger partial charge is 0.487 e. The average Bonchev–Trinajstić information content (AvgIpc) is 2.58. The molecule has 1 amide bonds. The van der Waals surface area contributed by atoms with Crippen LogP contribution in [0, 0.1) is 0 Å². The Morgan fingerprint density at radius 2 is 2.00 bits per heavy atom. The second-order valence-corrected chi connectivity index (χ2v) is 6.41. The van der Waals surface area contributed by atoms with Crippen LogP contribution in [0.3, 0.4) is 0 Å². The third-order valence-electron chi connectivity index (χ3n) is 3.91. The Labute approximate surface area is 150 Å². The fourth-order valence-corrected chi connectivity index (χ4v) is 2.90. The minimum absolute atomic E-state index is 0.114. The highest BCUT2D eigenvalue weighted by molar-refractivity contribution is 9.10. The Kier molecular flexibility index (Phi) is 6.68. The SMILES string of the molecule is CCCCOc1c2n(cc(Br)c1=O)N(CC)CN(CCOC)C2=O. The first-order valence-electron chi connectivity index (χ1n) is 8.16. The molecule has 8 heteroatoms. The topological polar surface area (TPSA) is 64.0 Å². The summed E-state index contributed by atoms with van der Waals surface area (Å²) in [5.74, 6) is -0.101. The quantitative estimate of drug-likeness (QED) is 0.621. The molecule has 1 aromatic rings. The van der Waals surface area contributed by atoms with Crippen molar-refractivity contribution in [3.8, 4) is 5.75 Å². The third kappa shape index (κ3) is 3.75. The number of amides is 1. The molecule has 0 bridgehead atoms. The second-order valence-electron chi connectivity index (χ2n) is 5.56. The molecule has 1 aromatic heterocycles. The molecule has 0 saturated carbocycles. The Hall–Kier alpha value is -1.54. The van der Waals surface area contributed by atoms with E-state index in [1.54, 1.807) is 22.9 Å². The number of nitrogens with zero attached hydrogens (tertiary/aromatic N) is 3. The maximum atomic E-state index is 12.9. The predicted molar refractivity (Wildman–Crippen MR) is 95.3 cm³/mol. The maximum absolute atomic E-state index is 12.9. The van der Waals surface area contributed by atoms with Gasteiger partial charge in [-0.3, -0.25) is 19.3 Å². The summed E-state index contributed by atoms with van der Waals surface area (Å²) in [5.41, 5.74) is -0.0150. The van der Waals surface area contributed by atoms with Gasteiger partial charge in [0.15, 0.2) is 11.4 Å². The number of halogens is 1. The zero-order chi connectivity index (χ0) is 17.7. The monoisotopic (exact) mass is 401 g/mol. The van der Waals surface area contributed by atoms with Gasteiger partial charge < -0.3 is 14.4 Å². The summed E-state index contributed by atoms with van der Waals surface area (Å²) in [7, 11) is 1.60. The van der Waals surface area contributed by atoms with Gasteiger partial charge in [0.1, 0.15) is 6.67 Å². The number of aromatic nitrogens is 1. The summed E-state index contributed by atoms with van der Waals surface area (Å²) in [5, 5.41) is 1.98. The van der Waals surface area contributed by atoms with Gasteiger partial charge >= 0.3 is 0 Å². The molecule has 0 atom stereocenters. The van der Waals surface area contributed by atoms with Crippen molar-refractivity contribution in [2.24, 2.45) is 0 Å². The number of carbonyl (C=O) groups excluding carboxylic acids is 1. The van der Waals surface area contributed by atoms with Gasteiger partial charge in [0.05, 0.1) is 17.7 Å². The normalized spacial score (nSPS) is 14.1. The first-order chi connectivity index (χ1) is 11.5. The number of pyridine rings is 1. The molecular formula is C16H24BrN3O4. The minimum Gasteiger partial charge on any atom is -0.487 e. The van der Waals surface area contributed by atoms with Gasteiger partial charge in [0.2, 0.25) is 5.43 Å². The molecule has 0 radical (unpaired) electrons. The van der Waals surface area contributed by atoms with Gasteiger partial charge in [-0.2, -0.15) is 0 Å². The lowest BCUT2D eigenvalue weighted by Gasteiger charge is -2.39. The Balaban J connectivity index is 2.48. The number of ether oxygens (including phenoxy) is 2. The van der Waals surface area contributed by atoms with E-state index in [1.807, 2.05) is 18.9 Å². The van der Waals surface area contributed by atoms with E-state index in [0.29, 0.717) is 37.4 Å². The molecule has 0 saturated heterocycles. The second kappa shape index (κ2) is 8.53. The lowest BCUT2D eigenvalue weighted by atomic mass is 10.2. The molecule has 7 nitrogen and oxygen atoms in total. The van der Waals surface area contributed by atoms with Crippen molar-refractivity contribution < 1.29 is 14.3 Å². The number of hydrogen-bond donors (Lipinski definition) is 0. The summed E-state index contributed by atoms with van der Waals surface area (Å²) in [4.78, 5) is 27.1. The van der Waals surface area contributed by atoms with Crippen molar-refractivity contribution >= 4 is 21.8 Å². The number of carbonyl (C=O) groups is 1. The molecule has 0 aliphatic carbocycles. The zero-order valence-electron chi connectivity index (χ0n) is 14.4. The molecular weight excluding hydrogens is 378 g/mol. The van der Waals surface area contributed by atoms with Crippen molar-refractivity contribution in [3.05, 3.63) is 26.6 Å². The van der Waals surface area contributed by atoms with E-state index in [4.69, 9.17) is 9.47 Å². The van der Waals surface area contributed by atoms with Gasteiger partial charge in [-0.05, 0) is 29.3 Å². The third-order valence-corrected chi connectivity index (χ3v) is 4.47. The maximum Gasteiger partial charge on any atom is 0.277 e. The predicted octanol–water partition coefficient (Wildman–Crippen LogP) is 1.81. The first kappa shape index (κ1) is 18.8. The molecule has 0 aromatic carbocycles. The van der Waals surface area contributed by atoms with Crippen LogP contribution in [0.2, 0.25) is 0 Å². The Morgan fingerprint density at radius 3 is 2.62 bits per heavy atom. The van der Waals surface area contributed by atoms with E-state index >= 15 is 0 Å². The van der Waals surface area contributed by atoms with E-state index in [1.165, 1.54) is 0 Å². The molecule has 1 aliphatic heterocycles. The van der Waals surface area contributed by atoms with Crippen molar-refractivity contribution in [2.45, 2.75) is 26.7 Å². The van der Waals surface area contributed by atoms with Crippen LogP contribution in [0.4, 0.5) is 0 Å². The van der Waals surface area contributed by atoms with Crippen LogP contribution in [0.25, 0.3) is 0 Å². The Morgan fingerprint density at radius 1 is 1.25 bits per heavy atom. The molecule has 0 fully saturated rings. The molecule has 2 rings (SSSR count). The van der Waals surface area contributed by atoms with Gasteiger partial charge in [-0.25, -0.2) is 0 Å². The highest BCUT2D eigenvalue weighted by Gasteiger charge is 2.33. The fraction of sp³-hybridized carbons (Fsp3) is 0.625. The van der Waals surface area contributed by atoms with Crippen LogP contribution in [-0.2, 0) is 4.74 Å². The number of fused-ring (bicyclic) bond motifs is 1. The molecule has 0 N–H and O–H groups in total. The lowest BCUT2D eigenvalue weighted by molar-refractivity contribution is 0.0622. The van der Waals surface area contributed by atoms with E-state index in [9.17, 15) is 9.59 Å². The minimum atomic E-state index is -0.296. The van der Waals surface area contributed by atoms with E-state index in [-0.39, 0.29) is 22.8 Å². The van der Waals surface area contributed by atoms with Gasteiger partial charge in [0, 0.05) is 26.4 Å². The van der Waals surface area contributed by atoms with Gasteiger partial charge in [-0.15, -0.1) is 0 Å². The van der Waals surface area contributed by atoms with Gasteiger partial charge in [-0.1, -0.05) is 13.3 Å². The van der Waals surface area contributed by atoms with E-state index in [0.717, 1.165) is 12.8 Å². The molecule has 24 heavy (non-hydrogen) atoms. The molecule has 1 aliphatic rings.